The zero-order valence-electron chi connectivity index (χ0n) is 18.5. The number of rotatable bonds is 5. The number of β-amino-alcohol motifs (C(OH)–C–C–N with tert-alkyl or cyclic N) is 1. The zero-order chi connectivity index (χ0) is 20.8. The molecule has 2 amide bonds. The summed E-state index contributed by atoms with van der Waals surface area (Å²) in [7, 11) is 0. The molecule has 0 aliphatic carbocycles. The van der Waals surface area contributed by atoms with Crippen molar-refractivity contribution in [1.82, 2.24) is 20.0 Å². The van der Waals surface area contributed by atoms with Crippen LogP contribution in [0.2, 0.25) is 0 Å². The number of urea groups is 1. The van der Waals surface area contributed by atoms with Crippen LogP contribution in [0, 0.1) is 0 Å². The highest BCUT2D eigenvalue weighted by Gasteiger charge is 2.28. The molecular formula is C23H38N4O3S. The number of hydrogen-bond donors (Lipinski definition) is 2. The van der Waals surface area contributed by atoms with Gasteiger partial charge in [-0.1, -0.05) is 24.3 Å². The molecule has 31 heavy (non-hydrogen) atoms. The molecular weight excluding hydrogens is 412 g/mol. The molecule has 3 aliphatic heterocycles. The van der Waals surface area contributed by atoms with Gasteiger partial charge in [0.15, 0.2) is 0 Å². The van der Waals surface area contributed by atoms with E-state index < -0.39 is 6.10 Å². The first-order valence-corrected chi connectivity index (χ1v) is 11.5. The number of piperidine rings is 1. The van der Waals surface area contributed by atoms with Crippen LogP contribution in [0.4, 0.5) is 4.79 Å². The van der Waals surface area contributed by atoms with Crippen LogP contribution in [0.5, 0.6) is 0 Å². The Balaban J connectivity index is 0.00000272. The topological polar surface area (TPSA) is 68.3 Å². The van der Waals surface area contributed by atoms with Gasteiger partial charge in [0.1, 0.15) is 0 Å². The fourth-order valence-corrected chi connectivity index (χ4v) is 4.96. The summed E-state index contributed by atoms with van der Waals surface area (Å²) in [6.45, 7) is 7.92. The smallest absolute Gasteiger partial charge is 0.317 e. The Labute approximate surface area is 193 Å². The molecule has 2 fully saturated rings. The molecule has 0 aromatic heterocycles. The Hall–Kier alpha value is -1.32. The highest BCUT2D eigenvalue weighted by molar-refractivity contribution is 7.59. The minimum absolute atomic E-state index is 0. The van der Waals surface area contributed by atoms with Gasteiger partial charge in [0, 0.05) is 65.0 Å². The van der Waals surface area contributed by atoms with Gasteiger partial charge >= 0.3 is 6.03 Å². The minimum Gasteiger partial charge on any atom is -0.390 e. The van der Waals surface area contributed by atoms with Crippen molar-refractivity contribution in [3.8, 4) is 0 Å². The number of amides is 2. The van der Waals surface area contributed by atoms with E-state index in [4.69, 9.17) is 4.74 Å². The second-order valence-electron chi connectivity index (χ2n) is 8.84. The van der Waals surface area contributed by atoms with E-state index in [9.17, 15) is 9.90 Å². The molecule has 174 valence electrons. The molecule has 3 aliphatic rings. The summed E-state index contributed by atoms with van der Waals surface area (Å²) in [5.74, 6) is 0. The van der Waals surface area contributed by atoms with Gasteiger partial charge in [0.2, 0.25) is 0 Å². The molecule has 4 rings (SSSR count). The molecule has 1 aromatic rings. The number of nitrogens with zero attached hydrogens (tertiary/aromatic N) is 3. The van der Waals surface area contributed by atoms with E-state index in [-0.39, 0.29) is 19.5 Å². The Morgan fingerprint density at radius 2 is 1.97 bits per heavy atom. The third-order valence-electron chi connectivity index (χ3n) is 6.62. The molecule has 0 saturated carbocycles. The van der Waals surface area contributed by atoms with Crippen molar-refractivity contribution in [3.63, 3.8) is 0 Å². The van der Waals surface area contributed by atoms with Crippen molar-refractivity contribution in [2.24, 2.45) is 0 Å². The summed E-state index contributed by atoms with van der Waals surface area (Å²) < 4.78 is 5.57. The summed E-state index contributed by atoms with van der Waals surface area (Å²) in [4.78, 5) is 19.4. The summed E-state index contributed by atoms with van der Waals surface area (Å²) >= 11 is 0. The molecule has 2 N–H and O–H groups in total. The lowest BCUT2D eigenvalue weighted by Gasteiger charge is -2.39. The van der Waals surface area contributed by atoms with Crippen LogP contribution in [-0.4, -0.2) is 97.0 Å². The number of hydrogen-bond acceptors (Lipinski definition) is 5. The van der Waals surface area contributed by atoms with E-state index >= 15 is 0 Å². The van der Waals surface area contributed by atoms with Gasteiger partial charge in [-0.15, -0.1) is 0 Å². The Kier molecular flexibility index (Phi) is 9.47. The Morgan fingerprint density at radius 1 is 1.13 bits per heavy atom. The van der Waals surface area contributed by atoms with Crippen LogP contribution >= 0.6 is 13.5 Å². The standard InChI is InChI=1S/C23H36N4O3.H2S/c28-22(18-25-11-8-19-5-1-2-6-20(19)16-25)15-24-23(29)27-9-3-7-21(17-27)26-10-4-13-30-14-12-26;/h1-2,5-6,21-22,28H,3-4,7-18H2,(H,24,29);1H2/t21?,22-;/m0./s1. The lowest BCUT2D eigenvalue weighted by atomic mass is 10.00. The molecule has 2 atom stereocenters. The number of fused-ring (bicyclic) bond motifs is 1. The second-order valence-corrected chi connectivity index (χ2v) is 8.84. The Morgan fingerprint density at radius 3 is 2.84 bits per heavy atom. The number of likely N-dealkylation sites (tertiary alicyclic amines) is 1. The molecule has 1 unspecified atom stereocenters. The molecule has 2 saturated heterocycles. The van der Waals surface area contributed by atoms with Crippen LogP contribution in [0.3, 0.4) is 0 Å². The van der Waals surface area contributed by atoms with Crippen LogP contribution in [0.25, 0.3) is 0 Å². The van der Waals surface area contributed by atoms with Crippen molar-refractivity contribution in [3.05, 3.63) is 35.4 Å². The first-order chi connectivity index (χ1) is 14.7. The van der Waals surface area contributed by atoms with Gasteiger partial charge < -0.3 is 20.1 Å². The van der Waals surface area contributed by atoms with Gasteiger partial charge in [-0.3, -0.25) is 9.80 Å². The number of carbonyl (C=O) groups excluding carboxylic acids is 1. The van der Waals surface area contributed by atoms with Gasteiger partial charge in [0.25, 0.3) is 0 Å². The summed E-state index contributed by atoms with van der Waals surface area (Å²) in [6.07, 6.45) is 3.71. The SMILES string of the molecule is O=C(NC[C@H](O)CN1CCc2ccccc2C1)N1CCCC(N2CCCOCC2)C1.S. The van der Waals surface area contributed by atoms with E-state index in [1.807, 2.05) is 4.90 Å². The maximum Gasteiger partial charge on any atom is 0.317 e. The predicted molar refractivity (Wildman–Crippen MR) is 127 cm³/mol. The lowest BCUT2D eigenvalue weighted by molar-refractivity contribution is 0.0897. The quantitative estimate of drug-likeness (QED) is 0.710. The minimum atomic E-state index is -0.553. The first-order valence-electron chi connectivity index (χ1n) is 11.5. The largest absolute Gasteiger partial charge is 0.390 e. The van der Waals surface area contributed by atoms with Gasteiger partial charge in [-0.2, -0.15) is 13.5 Å². The van der Waals surface area contributed by atoms with E-state index in [1.165, 1.54) is 11.1 Å². The average Bonchev–Trinajstić information content (AvgIpc) is 3.07. The second kappa shape index (κ2) is 12.1. The van der Waals surface area contributed by atoms with E-state index in [0.717, 1.165) is 78.2 Å². The average molecular weight is 451 g/mol. The van der Waals surface area contributed by atoms with Gasteiger partial charge in [-0.25, -0.2) is 4.79 Å². The van der Waals surface area contributed by atoms with Crippen molar-refractivity contribution < 1.29 is 14.6 Å². The molecule has 0 spiro atoms. The number of carbonyl (C=O) groups is 1. The normalized spacial score (nSPS) is 23.9. The van der Waals surface area contributed by atoms with Crippen LogP contribution in [0.15, 0.2) is 24.3 Å². The summed E-state index contributed by atoms with van der Waals surface area (Å²) in [5, 5.41) is 13.5. The maximum absolute atomic E-state index is 12.7. The van der Waals surface area contributed by atoms with Crippen molar-refractivity contribution >= 4 is 19.5 Å². The highest BCUT2D eigenvalue weighted by atomic mass is 32.1. The third-order valence-corrected chi connectivity index (χ3v) is 6.62. The maximum atomic E-state index is 12.7. The van der Waals surface area contributed by atoms with Crippen LogP contribution in [0.1, 0.15) is 30.4 Å². The molecule has 8 heteroatoms. The summed E-state index contributed by atoms with van der Waals surface area (Å²) in [6, 6.07) is 8.89. The van der Waals surface area contributed by atoms with Crippen LogP contribution in [-0.2, 0) is 17.7 Å². The van der Waals surface area contributed by atoms with E-state index in [2.05, 4.69) is 39.4 Å². The number of aliphatic hydroxyl groups is 1. The fraction of sp³-hybridized carbons (Fsp3) is 0.696. The number of nitrogens with one attached hydrogen (secondary N) is 1. The number of aliphatic hydroxyl groups excluding tert-OH is 1. The van der Waals surface area contributed by atoms with Crippen molar-refractivity contribution in [1.29, 1.82) is 0 Å². The van der Waals surface area contributed by atoms with Gasteiger partial charge in [0.05, 0.1) is 12.7 Å². The fourth-order valence-electron chi connectivity index (χ4n) is 4.96. The van der Waals surface area contributed by atoms with Crippen molar-refractivity contribution in [2.75, 3.05) is 59.0 Å². The van der Waals surface area contributed by atoms with Crippen LogP contribution < -0.4 is 5.32 Å². The van der Waals surface area contributed by atoms with E-state index in [1.54, 1.807) is 0 Å². The predicted octanol–water partition coefficient (Wildman–Crippen LogP) is 1.41. The monoisotopic (exact) mass is 450 g/mol. The summed E-state index contributed by atoms with van der Waals surface area (Å²) in [5.41, 5.74) is 2.76. The Bertz CT molecular complexity index is 699. The number of ether oxygens (including phenoxy) is 1. The highest BCUT2D eigenvalue weighted by Crippen LogP contribution is 2.19. The van der Waals surface area contributed by atoms with Crippen molar-refractivity contribution in [2.45, 2.75) is 44.4 Å². The molecule has 3 heterocycles. The zero-order valence-corrected chi connectivity index (χ0v) is 19.5. The molecule has 0 bridgehead atoms. The van der Waals surface area contributed by atoms with E-state index in [0.29, 0.717) is 19.1 Å². The number of benzene rings is 1. The molecule has 0 radical (unpaired) electrons. The molecule has 7 nitrogen and oxygen atoms in total. The van der Waals surface area contributed by atoms with Gasteiger partial charge in [-0.05, 0) is 36.8 Å². The third kappa shape index (κ3) is 6.83. The lowest BCUT2D eigenvalue weighted by Crippen LogP contribution is -2.54. The molecule has 1 aromatic carbocycles. The first kappa shape index (κ1) is 24.3.